The van der Waals surface area contributed by atoms with Gasteiger partial charge in [0.25, 0.3) is 0 Å². The zero-order valence-corrected chi connectivity index (χ0v) is 23.0. The first-order valence-electron chi connectivity index (χ1n) is 12.9. The average Bonchev–Trinajstić information content (AvgIpc) is 3.44. The molecule has 208 valence electrons. The SMILES string of the molecule is COC(=O)c1nc(N2CCC(O)C2)c2cc(OCc3ccccc3)ccc2c1-c1cc(OC)c(OC)c(OC)c1. The van der Waals surface area contributed by atoms with E-state index in [1.807, 2.05) is 53.4 Å². The van der Waals surface area contributed by atoms with Gasteiger partial charge < -0.3 is 33.7 Å². The summed E-state index contributed by atoms with van der Waals surface area (Å²) in [6.45, 7) is 1.40. The van der Waals surface area contributed by atoms with Gasteiger partial charge in [-0.3, -0.25) is 0 Å². The number of hydrogen-bond donors (Lipinski definition) is 1. The molecule has 40 heavy (non-hydrogen) atoms. The van der Waals surface area contributed by atoms with Crippen LogP contribution >= 0.6 is 0 Å². The fourth-order valence-electron chi connectivity index (χ4n) is 5.04. The first-order valence-corrected chi connectivity index (χ1v) is 12.9. The highest BCUT2D eigenvalue weighted by Crippen LogP contribution is 2.45. The Morgan fingerprint density at radius 2 is 1.68 bits per heavy atom. The summed E-state index contributed by atoms with van der Waals surface area (Å²) in [5.41, 5.74) is 2.37. The van der Waals surface area contributed by atoms with E-state index in [1.54, 1.807) is 12.1 Å². The molecule has 0 spiro atoms. The fourth-order valence-corrected chi connectivity index (χ4v) is 5.04. The van der Waals surface area contributed by atoms with E-state index in [1.165, 1.54) is 28.4 Å². The number of aliphatic hydroxyl groups is 1. The molecular weight excluding hydrogens is 512 g/mol. The molecule has 9 nitrogen and oxygen atoms in total. The van der Waals surface area contributed by atoms with Gasteiger partial charge in [-0.1, -0.05) is 30.3 Å². The minimum atomic E-state index is -0.587. The van der Waals surface area contributed by atoms with E-state index in [0.29, 0.717) is 66.1 Å². The standard InChI is InChI=1S/C31H32N2O7/c1-36-25-14-20(15-26(37-2)29(25)38-3)27-23-11-10-22(40-18-19-8-6-5-7-9-19)16-24(23)30(32-28(27)31(35)39-4)33-13-12-21(34)17-33/h5-11,14-16,21,34H,12-13,17-18H2,1-4H3. The maximum Gasteiger partial charge on any atom is 0.357 e. The highest BCUT2D eigenvalue weighted by atomic mass is 16.5. The van der Waals surface area contributed by atoms with Crippen molar-refractivity contribution in [3.05, 3.63) is 71.9 Å². The van der Waals surface area contributed by atoms with Crippen molar-refractivity contribution >= 4 is 22.6 Å². The molecule has 4 aromatic rings. The van der Waals surface area contributed by atoms with Crippen LogP contribution in [0.1, 0.15) is 22.5 Å². The smallest absolute Gasteiger partial charge is 0.357 e. The van der Waals surface area contributed by atoms with Crippen molar-refractivity contribution in [3.63, 3.8) is 0 Å². The number of methoxy groups -OCH3 is 4. The van der Waals surface area contributed by atoms with E-state index in [2.05, 4.69) is 0 Å². The summed E-state index contributed by atoms with van der Waals surface area (Å²) < 4.78 is 28.0. The summed E-state index contributed by atoms with van der Waals surface area (Å²) in [7, 11) is 5.94. The van der Waals surface area contributed by atoms with Gasteiger partial charge in [-0.15, -0.1) is 0 Å². The lowest BCUT2D eigenvalue weighted by Crippen LogP contribution is -2.24. The largest absolute Gasteiger partial charge is 0.493 e. The Balaban J connectivity index is 1.74. The number of ether oxygens (including phenoxy) is 5. The Bertz CT molecular complexity index is 1500. The van der Waals surface area contributed by atoms with Crippen molar-refractivity contribution in [2.24, 2.45) is 0 Å². The Hall–Kier alpha value is -4.50. The lowest BCUT2D eigenvalue weighted by atomic mass is 9.95. The Morgan fingerprint density at radius 3 is 2.27 bits per heavy atom. The summed E-state index contributed by atoms with van der Waals surface area (Å²) in [5.74, 6) is 1.96. The third-order valence-corrected chi connectivity index (χ3v) is 7.00. The predicted molar refractivity (Wildman–Crippen MR) is 152 cm³/mol. The molecule has 1 saturated heterocycles. The monoisotopic (exact) mass is 544 g/mol. The van der Waals surface area contributed by atoms with Crippen LogP contribution in [0.3, 0.4) is 0 Å². The maximum atomic E-state index is 13.2. The van der Waals surface area contributed by atoms with Gasteiger partial charge in [-0.25, -0.2) is 9.78 Å². The van der Waals surface area contributed by atoms with Crippen LogP contribution < -0.4 is 23.8 Å². The Labute approximate surface area is 232 Å². The number of benzene rings is 3. The number of hydrogen-bond acceptors (Lipinski definition) is 9. The van der Waals surface area contributed by atoms with Crippen LogP contribution in [0.4, 0.5) is 5.82 Å². The average molecular weight is 545 g/mol. The molecule has 0 saturated carbocycles. The Kier molecular flexibility index (Phi) is 7.93. The zero-order valence-electron chi connectivity index (χ0n) is 23.0. The maximum absolute atomic E-state index is 13.2. The quantitative estimate of drug-likeness (QED) is 0.296. The van der Waals surface area contributed by atoms with E-state index < -0.39 is 12.1 Å². The van der Waals surface area contributed by atoms with E-state index >= 15 is 0 Å². The van der Waals surface area contributed by atoms with E-state index in [9.17, 15) is 9.90 Å². The first-order chi connectivity index (χ1) is 19.5. The third-order valence-electron chi connectivity index (χ3n) is 7.00. The summed E-state index contributed by atoms with van der Waals surface area (Å²) >= 11 is 0. The van der Waals surface area contributed by atoms with Crippen LogP contribution in [0, 0.1) is 0 Å². The fraction of sp³-hybridized carbons (Fsp3) is 0.290. The molecule has 1 aliphatic heterocycles. The lowest BCUT2D eigenvalue weighted by molar-refractivity contribution is 0.0595. The highest BCUT2D eigenvalue weighted by Gasteiger charge is 2.29. The summed E-state index contributed by atoms with van der Waals surface area (Å²) in [5, 5.41) is 11.8. The normalized spacial score (nSPS) is 14.7. The first kappa shape index (κ1) is 27.1. The number of carbonyl (C=O) groups excluding carboxylic acids is 1. The molecule has 2 heterocycles. The Morgan fingerprint density at radius 1 is 0.950 bits per heavy atom. The van der Waals surface area contributed by atoms with Crippen molar-refractivity contribution in [2.75, 3.05) is 46.4 Å². The molecule has 1 aliphatic rings. The number of pyridine rings is 1. The van der Waals surface area contributed by atoms with Gasteiger partial charge in [0.2, 0.25) is 5.75 Å². The van der Waals surface area contributed by atoms with Gasteiger partial charge in [0.1, 0.15) is 18.2 Å². The van der Waals surface area contributed by atoms with Gasteiger partial charge in [-0.05, 0) is 53.3 Å². The number of aliphatic hydroxyl groups excluding tert-OH is 1. The molecule has 1 atom stereocenters. The molecule has 1 fully saturated rings. The van der Waals surface area contributed by atoms with Gasteiger partial charge in [-0.2, -0.15) is 0 Å². The van der Waals surface area contributed by atoms with Gasteiger partial charge in [0.05, 0.1) is 34.5 Å². The summed E-state index contributed by atoms with van der Waals surface area (Å²) in [4.78, 5) is 20.0. The van der Waals surface area contributed by atoms with Crippen LogP contribution in [0.15, 0.2) is 60.7 Å². The number of β-amino-alcohol motifs (C(OH)–C–C–N with tert-alkyl or cyclic N) is 1. The lowest BCUT2D eigenvalue weighted by Gasteiger charge is -2.23. The van der Waals surface area contributed by atoms with Crippen LogP contribution in [0.25, 0.3) is 21.9 Å². The molecule has 0 radical (unpaired) electrons. The molecule has 1 unspecified atom stereocenters. The molecule has 0 aliphatic carbocycles. The van der Waals surface area contributed by atoms with Gasteiger partial charge in [0, 0.05) is 24.0 Å². The number of esters is 1. The van der Waals surface area contributed by atoms with E-state index in [4.69, 9.17) is 28.7 Å². The van der Waals surface area contributed by atoms with Crippen molar-refractivity contribution in [2.45, 2.75) is 19.1 Å². The second kappa shape index (κ2) is 11.7. The number of rotatable bonds is 9. The van der Waals surface area contributed by atoms with Crippen molar-refractivity contribution < 1.29 is 33.6 Å². The second-order valence-corrected chi connectivity index (χ2v) is 9.43. The molecule has 1 N–H and O–H groups in total. The number of anilines is 1. The molecule has 5 rings (SSSR count). The molecular formula is C31H32N2O7. The van der Waals surface area contributed by atoms with Crippen LogP contribution in [0.5, 0.6) is 23.0 Å². The summed E-state index contributed by atoms with van der Waals surface area (Å²) in [6.07, 6.45) is 0.126. The van der Waals surface area contributed by atoms with E-state index in [-0.39, 0.29) is 5.69 Å². The number of aromatic nitrogens is 1. The summed E-state index contributed by atoms with van der Waals surface area (Å²) in [6, 6.07) is 19.2. The third kappa shape index (κ3) is 5.20. The zero-order chi connectivity index (χ0) is 28.2. The molecule has 1 aromatic heterocycles. The predicted octanol–water partition coefficient (Wildman–Crippen LogP) is 4.86. The van der Waals surface area contributed by atoms with Crippen molar-refractivity contribution in [3.8, 4) is 34.1 Å². The van der Waals surface area contributed by atoms with Gasteiger partial charge in [0.15, 0.2) is 17.2 Å². The van der Waals surface area contributed by atoms with Crippen molar-refractivity contribution in [1.82, 2.24) is 4.98 Å². The van der Waals surface area contributed by atoms with E-state index in [0.717, 1.165) is 16.3 Å². The molecule has 3 aromatic carbocycles. The number of carbonyl (C=O) groups is 1. The molecule has 0 bridgehead atoms. The second-order valence-electron chi connectivity index (χ2n) is 9.43. The minimum Gasteiger partial charge on any atom is -0.493 e. The van der Waals surface area contributed by atoms with Gasteiger partial charge >= 0.3 is 5.97 Å². The van der Waals surface area contributed by atoms with Crippen molar-refractivity contribution in [1.29, 1.82) is 0 Å². The highest BCUT2D eigenvalue weighted by molar-refractivity contribution is 6.10. The van der Waals surface area contributed by atoms with Crippen LogP contribution in [-0.2, 0) is 11.3 Å². The molecule has 0 amide bonds. The van der Waals surface area contributed by atoms with Crippen LogP contribution in [-0.4, -0.2) is 63.7 Å². The minimum absolute atomic E-state index is 0.138. The topological polar surface area (TPSA) is 99.6 Å². The van der Waals surface area contributed by atoms with Crippen LogP contribution in [0.2, 0.25) is 0 Å². The number of fused-ring (bicyclic) bond motifs is 1. The molecule has 9 heteroatoms. The number of nitrogens with zero attached hydrogens (tertiary/aromatic N) is 2.